The predicted octanol–water partition coefficient (Wildman–Crippen LogP) is 2.60. The minimum Gasteiger partial charge on any atom is -0.137 e. The van der Waals surface area contributed by atoms with Gasteiger partial charge in [-0.05, 0) is 5.56 Å². The summed E-state index contributed by atoms with van der Waals surface area (Å²) in [5, 5.41) is 0. The third-order valence-corrected chi connectivity index (χ3v) is 1.69. The zero-order valence-corrected chi connectivity index (χ0v) is 6.17. The molecule has 0 saturated heterocycles. The molecule has 0 N–H and O–H groups in total. The Morgan fingerprint density at radius 2 is 2.00 bits per heavy atom. The van der Waals surface area contributed by atoms with Crippen molar-refractivity contribution >= 4 is 11.9 Å². The van der Waals surface area contributed by atoms with Crippen LogP contribution < -0.4 is 0 Å². The van der Waals surface area contributed by atoms with Crippen LogP contribution in [-0.2, 0) is 5.75 Å². The Labute approximate surface area is 63.7 Å². The van der Waals surface area contributed by atoms with E-state index in [9.17, 15) is 4.91 Å². The Kier molecular flexibility index (Phi) is 2.96. The van der Waals surface area contributed by atoms with Gasteiger partial charge in [0.15, 0.2) is 0 Å². The van der Waals surface area contributed by atoms with Gasteiger partial charge >= 0.3 is 0 Å². The number of rotatable bonds is 3. The second kappa shape index (κ2) is 4.06. The summed E-state index contributed by atoms with van der Waals surface area (Å²) in [6.45, 7) is 0. The fraction of sp³-hybridized carbons (Fsp3) is 0.143. The van der Waals surface area contributed by atoms with Crippen LogP contribution in [0.25, 0.3) is 0 Å². The standard InChI is InChI=1S/C7H7NOS/c9-8-10-6-7-4-2-1-3-5-7/h1-5H,6H2. The molecule has 0 aliphatic heterocycles. The van der Waals surface area contributed by atoms with E-state index in [-0.39, 0.29) is 0 Å². The van der Waals surface area contributed by atoms with E-state index in [1.807, 2.05) is 30.3 Å². The van der Waals surface area contributed by atoms with Gasteiger partial charge in [0, 0.05) is 22.3 Å². The zero-order valence-electron chi connectivity index (χ0n) is 5.36. The van der Waals surface area contributed by atoms with Crippen LogP contribution in [0.15, 0.2) is 34.9 Å². The van der Waals surface area contributed by atoms with Crippen molar-refractivity contribution in [1.82, 2.24) is 0 Å². The first-order valence-electron chi connectivity index (χ1n) is 2.92. The zero-order chi connectivity index (χ0) is 7.23. The predicted molar refractivity (Wildman–Crippen MR) is 43.5 cm³/mol. The first kappa shape index (κ1) is 7.28. The first-order chi connectivity index (χ1) is 4.93. The molecule has 52 valence electrons. The minimum absolute atomic E-state index is 0.671. The average molecular weight is 153 g/mol. The number of nitroso groups, excluding NO2 is 1. The van der Waals surface area contributed by atoms with Gasteiger partial charge < -0.3 is 0 Å². The van der Waals surface area contributed by atoms with E-state index in [1.54, 1.807) is 0 Å². The average Bonchev–Trinajstić information content (AvgIpc) is 2.03. The largest absolute Gasteiger partial charge is 0.137 e. The lowest BCUT2D eigenvalue weighted by Gasteiger charge is -1.91. The Morgan fingerprint density at radius 3 is 2.60 bits per heavy atom. The van der Waals surface area contributed by atoms with E-state index >= 15 is 0 Å². The fourth-order valence-electron chi connectivity index (χ4n) is 0.675. The van der Waals surface area contributed by atoms with Gasteiger partial charge in [-0.1, -0.05) is 30.3 Å². The van der Waals surface area contributed by atoms with Crippen molar-refractivity contribution < 1.29 is 0 Å². The molecule has 0 atom stereocenters. The van der Waals surface area contributed by atoms with Crippen LogP contribution in [0.3, 0.4) is 0 Å². The van der Waals surface area contributed by atoms with Gasteiger partial charge in [-0.2, -0.15) is 0 Å². The smallest absolute Gasteiger partial charge is 0.0438 e. The maximum absolute atomic E-state index is 9.69. The highest BCUT2D eigenvalue weighted by Gasteiger charge is 1.89. The van der Waals surface area contributed by atoms with Crippen molar-refractivity contribution in [3.8, 4) is 0 Å². The van der Waals surface area contributed by atoms with Gasteiger partial charge in [0.2, 0.25) is 0 Å². The summed E-state index contributed by atoms with van der Waals surface area (Å²) < 4.78 is 2.70. The summed E-state index contributed by atoms with van der Waals surface area (Å²) in [6.07, 6.45) is 0. The molecule has 0 aromatic heterocycles. The highest BCUT2D eigenvalue weighted by molar-refractivity contribution is 7.97. The van der Waals surface area contributed by atoms with Crippen LogP contribution in [-0.4, -0.2) is 0 Å². The van der Waals surface area contributed by atoms with Gasteiger partial charge in [0.1, 0.15) is 0 Å². The summed E-state index contributed by atoms with van der Waals surface area (Å²) in [7, 11) is 0. The molecule has 0 heterocycles. The molecule has 10 heavy (non-hydrogen) atoms. The van der Waals surface area contributed by atoms with E-state index in [4.69, 9.17) is 0 Å². The van der Waals surface area contributed by atoms with Crippen molar-refractivity contribution in [3.05, 3.63) is 40.8 Å². The van der Waals surface area contributed by atoms with Crippen LogP contribution in [0.4, 0.5) is 0 Å². The van der Waals surface area contributed by atoms with Crippen molar-refractivity contribution in [2.24, 2.45) is 4.58 Å². The quantitative estimate of drug-likeness (QED) is 0.493. The van der Waals surface area contributed by atoms with Crippen LogP contribution in [0, 0.1) is 4.91 Å². The third-order valence-electron chi connectivity index (χ3n) is 1.13. The molecule has 0 bridgehead atoms. The van der Waals surface area contributed by atoms with E-state index in [2.05, 4.69) is 4.58 Å². The molecule has 2 nitrogen and oxygen atoms in total. The monoisotopic (exact) mass is 153 g/mol. The molecule has 0 saturated carbocycles. The second-order valence-corrected chi connectivity index (χ2v) is 2.53. The highest BCUT2D eigenvalue weighted by atomic mass is 32.2. The maximum atomic E-state index is 9.69. The maximum Gasteiger partial charge on any atom is 0.0438 e. The highest BCUT2D eigenvalue weighted by Crippen LogP contribution is 2.11. The Bertz CT molecular complexity index is 200. The van der Waals surface area contributed by atoms with Gasteiger partial charge in [-0.15, -0.1) is 4.91 Å². The van der Waals surface area contributed by atoms with Crippen molar-refractivity contribution in [2.45, 2.75) is 5.75 Å². The molecule has 3 heteroatoms. The summed E-state index contributed by atoms with van der Waals surface area (Å²) in [4.78, 5) is 9.69. The second-order valence-electron chi connectivity index (χ2n) is 1.83. The molecule has 1 aromatic rings. The fourth-order valence-corrected chi connectivity index (χ4v) is 1.07. The van der Waals surface area contributed by atoms with Crippen molar-refractivity contribution in [3.63, 3.8) is 0 Å². The summed E-state index contributed by atoms with van der Waals surface area (Å²) in [5.41, 5.74) is 1.13. The van der Waals surface area contributed by atoms with Crippen LogP contribution in [0.2, 0.25) is 0 Å². The molecule has 0 aliphatic rings. The lowest BCUT2D eigenvalue weighted by molar-refractivity contribution is 1.41. The summed E-state index contributed by atoms with van der Waals surface area (Å²) in [5.74, 6) is 0.671. The number of hydrogen-bond donors (Lipinski definition) is 0. The van der Waals surface area contributed by atoms with Gasteiger partial charge in [0.25, 0.3) is 0 Å². The van der Waals surface area contributed by atoms with Crippen LogP contribution >= 0.6 is 11.9 Å². The Morgan fingerprint density at radius 1 is 1.30 bits per heavy atom. The SMILES string of the molecule is O=NSCc1ccccc1. The van der Waals surface area contributed by atoms with E-state index < -0.39 is 0 Å². The molecule has 1 rings (SSSR count). The van der Waals surface area contributed by atoms with Crippen molar-refractivity contribution in [1.29, 1.82) is 0 Å². The Balaban J connectivity index is 2.50. The van der Waals surface area contributed by atoms with Gasteiger partial charge in [0.05, 0.1) is 0 Å². The van der Waals surface area contributed by atoms with E-state index in [0.717, 1.165) is 17.5 Å². The van der Waals surface area contributed by atoms with Gasteiger partial charge in [-0.3, -0.25) is 0 Å². The van der Waals surface area contributed by atoms with E-state index in [1.165, 1.54) is 0 Å². The minimum atomic E-state index is 0.671. The van der Waals surface area contributed by atoms with Crippen molar-refractivity contribution in [2.75, 3.05) is 0 Å². The van der Waals surface area contributed by atoms with E-state index in [0.29, 0.717) is 5.75 Å². The molecular formula is C7H7NOS. The molecular weight excluding hydrogens is 146 g/mol. The first-order valence-corrected chi connectivity index (χ1v) is 3.86. The topological polar surface area (TPSA) is 29.4 Å². The summed E-state index contributed by atoms with van der Waals surface area (Å²) >= 11 is 1.03. The van der Waals surface area contributed by atoms with Crippen LogP contribution in [0.1, 0.15) is 5.56 Å². The summed E-state index contributed by atoms with van der Waals surface area (Å²) in [6, 6.07) is 9.78. The molecule has 1 aromatic carbocycles. The molecule has 0 radical (unpaired) electrons. The molecule has 0 spiro atoms. The number of nitrogens with zero attached hydrogens (tertiary/aromatic N) is 1. The molecule has 0 amide bonds. The Hall–Kier alpha value is -0.830. The van der Waals surface area contributed by atoms with Gasteiger partial charge in [-0.25, -0.2) is 0 Å². The number of benzene rings is 1. The van der Waals surface area contributed by atoms with Crippen LogP contribution in [0.5, 0.6) is 0 Å². The molecule has 0 unspecified atom stereocenters. The molecule has 0 aliphatic carbocycles. The third kappa shape index (κ3) is 2.19. The normalized spacial score (nSPS) is 9.20. The lowest BCUT2D eigenvalue weighted by Crippen LogP contribution is -1.74. The lowest BCUT2D eigenvalue weighted by atomic mass is 10.2. The number of hydrogen-bond acceptors (Lipinski definition) is 3. The molecule has 0 fully saturated rings.